The third kappa shape index (κ3) is 4.97. The molecule has 1 atom stereocenters. The number of nitrogens with one attached hydrogen (secondary N) is 2. The summed E-state index contributed by atoms with van der Waals surface area (Å²) >= 11 is 0. The van der Waals surface area contributed by atoms with Crippen LogP contribution in [0.15, 0.2) is 18.5 Å². The quantitative estimate of drug-likeness (QED) is 0.335. The topological polar surface area (TPSA) is 136 Å². The van der Waals surface area contributed by atoms with E-state index in [1.165, 1.54) is 44.3 Å². The molecule has 1 aliphatic carbocycles. The first kappa shape index (κ1) is 24.7. The van der Waals surface area contributed by atoms with Crippen LogP contribution in [0.3, 0.4) is 0 Å². The van der Waals surface area contributed by atoms with Crippen molar-refractivity contribution in [1.82, 2.24) is 30.0 Å². The zero-order chi connectivity index (χ0) is 25.1. The van der Waals surface area contributed by atoms with Gasteiger partial charge in [-0.1, -0.05) is 13.3 Å². The molecule has 10 heteroatoms. The third-order valence-electron chi connectivity index (χ3n) is 7.95. The van der Waals surface area contributed by atoms with E-state index in [4.69, 9.17) is 15.5 Å². The molecular weight excluding hydrogens is 456 g/mol. The van der Waals surface area contributed by atoms with Crippen molar-refractivity contribution < 1.29 is 9.84 Å². The molecule has 10 nitrogen and oxygen atoms in total. The molecule has 3 aromatic rings. The smallest absolute Gasteiger partial charge is 0.222 e. The highest BCUT2D eigenvalue weighted by atomic mass is 16.5. The lowest BCUT2D eigenvalue weighted by atomic mass is 9.66. The number of nitrogen functional groups attached to an aromatic ring is 1. The van der Waals surface area contributed by atoms with Crippen LogP contribution in [-0.4, -0.2) is 62.7 Å². The molecule has 36 heavy (non-hydrogen) atoms. The average Bonchev–Trinajstić information content (AvgIpc) is 3.26. The number of hydrogen-bond donors (Lipinski definition) is 4. The van der Waals surface area contributed by atoms with E-state index in [2.05, 4.69) is 38.7 Å². The molecule has 0 amide bonds. The molecule has 194 valence electrons. The summed E-state index contributed by atoms with van der Waals surface area (Å²) in [7, 11) is 1.70. The van der Waals surface area contributed by atoms with E-state index in [9.17, 15) is 5.11 Å². The van der Waals surface area contributed by atoms with Gasteiger partial charge in [0.15, 0.2) is 5.82 Å². The normalized spacial score (nSPS) is 18.3. The predicted molar refractivity (Wildman–Crippen MR) is 140 cm³/mol. The number of methoxy groups -OCH3 is 1. The molecule has 1 saturated carbocycles. The minimum absolute atomic E-state index is 0.0816. The van der Waals surface area contributed by atoms with Crippen LogP contribution < -0.4 is 21.1 Å². The second kappa shape index (κ2) is 10.6. The standard InChI is InChI=1S/C26H38N8O2/c1-3-4-19(7-10-35)31-24-23-20(32-25(27)33-24)13-30-34(23)14-21-22(36-2)11-18(12-29-21)17-5-8-26(9-6-17)15-28-16-26/h11-13,17,19,28,35H,3-10,14-16H2,1-2H3,(H3,27,31,32,33)/t19-/m0/s1. The van der Waals surface area contributed by atoms with Crippen molar-refractivity contribution in [3.8, 4) is 5.75 Å². The lowest BCUT2D eigenvalue weighted by molar-refractivity contribution is 0.0974. The molecule has 3 aromatic heterocycles. The molecular formula is C26H38N8O2. The molecule has 1 spiro atoms. The SMILES string of the molecule is CCC[C@@H](CCO)Nc1nc(N)nc2cnn(Cc3ncc(C4CCC5(CC4)CNC5)cc3OC)c12. The van der Waals surface area contributed by atoms with Gasteiger partial charge in [0, 0.05) is 31.9 Å². The lowest BCUT2D eigenvalue weighted by Gasteiger charge is -2.47. The Morgan fingerprint density at radius 2 is 2.06 bits per heavy atom. The van der Waals surface area contributed by atoms with E-state index < -0.39 is 0 Å². The van der Waals surface area contributed by atoms with Gasteiger partial charge in [-0.3, -0.25) is 9.67 Å². The van der Waals surface area contributed by atoms with Gasteiger partial charge in [-0.25, -0.2) is 4.98 Å². The fraction of sp³-hybridized carbons (Fsp3) is 0.615. The van der Waals surface area contributed by atoms with Crippen molar-refractivity contribution in [2.75, 3.05) is 37.9 Å². The molecule has 2 fully saturated rings. The van der Waals surface area contributed by atoms with Gasteiger partial charge < -0.3 is 26.2 Å². The number of aliphatic hydroxyl groups is 1. The van der Waals surface area contributed by atoms with E-state index in [0.29, 0.717) is 35.6 Å². The summed E-state index contributed by atoms with van der Waals surface area (Å²) in [6.45, 7) is 4.99. The first-order valence-electron chi connectivity index (χ1n) is 13.1. The maximum Gasteiger partial charge on any atom is 0.222 e. The van der Waals surface area contributed by atoms with Crippen LogP contribution in [0.25, 0.3) is 11.0 Å². The first-order valence-corrected chi connectivity index (χ1v) is 13.1. The Hall–Kier alpha value is -2.98. The Morgan fingerprint density at radius 1 is 1.25 bits per heavy atom. The van der Waals surface area contributed by atoms with Crippen LogP contribution in [0.4, 0.5) is 11.8 Å². The summed E-state index contributed by atoms with van der Waals surface area (Å²) in [5.41, 5.74) is 10.0. The maximum absolute atomic E-state index is 9.49. The Bertz CT molecular complexity index is 1180. The molecule has 0 unspecified atom stereocenters. The molecule has 1 aliphatic heterocycles. The molecule has 1 saturated heterocycles. The van der Waals surface area contributed by atoms with Crippen molar-refractivity contribution in [3.63, 3.8) is 0 Å². The van der Waals surface area contributed by atoms with Gasteiger partial charge in [0.1, 0.15) is 22.5 Å². The zero-order valence-corrected chi connectivity index (χ0v) is 21.3. The number of hydrogen-bond acceptors (Lipinski definition) is 9. The van der Waals surface area contributed by atoms with Crippen LogP contribution >= 0.6 is 0 Å². The molecule has 5 N–H and O–H groups in total. The molecule has 0 bridgehead atoms. The number of rotatable bonds is 10. The number of ether oxygens (including phenoxy) is 1. The van der Waals surface area contributed by atoms with Gasteiger partial charge in [0.25, 0.3) is 0 Å². The van der Waals surface area contributed by atoms with E-state index in [0.717, 1.165) is 29.8 Å². The van der Waals surface area contributed by atoms with E-state index in [1.807, 2.05) is 10.9 Å². The molecule has 2 aliphatic rings. The summed E-state index contributed by atoms with van der Waals surface area (Å²) in [4.78, 5) is 13.7. The number of aromatic nitrogens is 5. The summed E-state index contributed by atoms with van der Waals surface area (Å²) in [5.74, 6) is 2.12. The largest absolute Gasteiger partial charge is 0.495 e. The monoisotopic (exact) mass is 494 g/mol. The van der Waals surface area contributed by atoms with Crippen molar-refractivity contribution in [2.24, 2.45) is 5.41 Å². The average molecular weight is 495 g/mol. The molecule has 4 heterocycles. The predicted octanol–water partition coefficient (Wildman–Crippen LogP) is 3.07. The van der Waals surface area contributed by atoms with Gasteiger partial charge in [0.05, 0.1) is 19.9 Å². The fourth-order valence-electron chi connectivity index (χ4n) is 5.77. The van der Waals surface area contributed by atoms with E-state index in [-0.39, 0.29) is 18.6 Å². The van der Waals surface area contributed by atoms with Crippen LogP contribution in [0.1, 0.15) is 69.0 Å². The Morgan fingerprint density at radius 3 is 2.72 bits per heavy atom. The van der Waals surface area contributed by atoms with Crippen molar-refractivity contribution >= 4 is 22.8 Å². The van der Waals surface area contributed by atoms with Gasteiger partial charge in [-0.05, 0) is 61.5 Å². The Labute approximate surface area is 212 Å². The highest BCUT2D eigenvalue weighted by Gasteiger charge is 2.40. The molecule has 0 radical (unpaired) electrons. The minimum Gasteiger partial charge on any atom is -0.495 e. The fourth-order valence-corrected chi connectivity index (χ4v) is 5.77. The van der Waals surface area contributed by atoms with Gasteiger partial charge in [-0.15, -0.1) is 0 Å². The number of pyridine rings is 1. The second-order valence-corrected chi connectivity index (χ2v) is 10.4. The zero-order valence-electron chi connectivity index (χ0n) is 21.3. The highest BCUT2D eigenvalue weighted by Crippen LogP contribution is 2.45. The van der Waals surface area contributed by atoms with Crippen molar-refractivity contribution in [1.29, 1.82) is 0 Å². The summed E-state index contributed by atoms with van der Waals surface area (Å²) in [6, 6.07) is 2.24. The van der Waals surface area contributed by atoms with Crippen LogP contribution in [-0.2, 0) is 6.54 Å². The van der Waals surface area contributed by atoms with Gasteiger partial charge >= 0.3 is 0 Å². The van der Waals surface area contributed by atoms with Crippen LogP contribution in [0, 0.1) is 5.41 Å². The second-order valence-electron chi connectivity index (χ2n) is 10.4. The van der Waals surface area contributed by atoms with E-state index in [1.54, 1.807) is 13.3 Å². The van der Waals surface area contributed by atoms with Gasteiger partial charge in [0.2, 0.25) is 5.95 Å². The number of anilines is 2. The van der Waals surface area contributed by atoms with Crippen molar-refractivity contribution in [2.45, 2.75) is 70.4 Å². The van der Waals surface area contributed by atoms with E-state index >= 15 is 0 Å². The third-order valence-corrected chi connectivity index (χ3v) is 7.95. The Balaban J connectivity index is 1.39. The molecule has 0 aromatic carbocycles. The maximum atomic E-state index is 9.49. The van der Waals surface area contributed by atoms with Crippen LogP contribution in [0.5, 0.6) is 5.75 Å². The molecule has 5 rings (SSSR count). The lowest BCUT2D eigenvalue weighted by Crippen LogP contribution is -2.54. The van der Waals surface area contributed by atoms with Crippen molar-refractivity contribution in [3.05, 3.63) is 29.7 Å². The minimum atomic E-state index is 0.0816. The number of fused-ring (bicyclic) bond motifs is 1. The first-order chi connectivity index (χ1) is 17.5. The number of aliphatic hydroxyl groups excluding tert-OH is 1. The highest BCUT2D eigenvalue weighted by molar-refractivity contribution is 5.86. The summed E-state index contributed by atoms with van der Waals surface area (Å²) in [6.07, 6.45) is 11.2. The van der Waals surface area contributed by atoms with Gasteiger partial charge in [-0.2, -0.15) is 10.1 Å². The Kier molecular flexibility index (Phi) is 7.25. The number of nitrogens with zero attached hydrogens (tertiary/aromatic N) is 5. The summed E-state index contributed by atoms with van der Waals surface area (Å²) < 4.78 is 7.63. The van der Waals surface area contributed by atoms with Crippen LogP contribution in [0.2, 0.25) is 0 Å². The number of nitrogens with two attached hydrogens (primary N) is 1. The summed E-state index contributed by atoms with van der Waals surface area (Å²) in [5, 5.41) is 21.0.